The van der Waals surface area contributed by atoms with Crippen LogP contribution in [0, 0.1) is 0 Å². The Bertz CT molecular complexity index is 823. The van der Waals surface area contributed by atoms with Gasteiger partial charge in [0.1, 0.15) is 5.82 Å². The van der Waals surface area contributed by atoms with Crippen molar-refractivity contribution in [1.29, 1.82) is 0 Å². The van der Waals surface area contributed by atoms with Crippen LogP contribution >= 0.6 is 0 Å². The Morgan fingerprint density at radius 3 is 2.89 bits per heavy atom. The smallest absolute Gasteiger partial charge is 0.260 e. The number of nitrogens with one attached hydrogen (secondary N) is 1. The van der Waals surface area contributed by atoms with E-state index in [1.165, 1.54) is 0 Å². The third-order valence-corrected chi connectivity index (χ3v) is 3.23. The van der Waals surface area contributed by atoms with Crippen LogP contribution in [0.2, 0.25) is 0 Å². The fourth-order valence-electron chi connectivity index (χ4n) is 2.24. The summed E-state index contributed by atoms with van der Waals surface area (Å²) in [7, 11) is 0. The van der Waals surface area contributed by atoms with E-state index in [-0.39, 0.29) is 12.1 Å². The minimum atomic E-state index is -0.193. The lowest BCUT2D eigenvalue weighted by molar-refractivity contribution is 0.908. The summed E-state index contributed by atoms with van der Waals surface area (Å²) >= 11 is 0. The number of aryl methyl sites for hydroxylation is 1. The summed E-state index contributed by atoms with van der Waals surface area (Å²) < 4.78 is 0. The van der Waals surface area contributed by atoms with E-state index in [1.54, 1.807) is 0 Å². The molecular formula is C14H14N4O. The largest absolute Gasteiger partial charge is 0.324 e. The van der Waals surface area contributed by atoms with Crippen LogP contribution in [-0.2, 0) is 13.0 Å². The van der Waals surface area contributed by atoms with Gasteiger partial charge in [0, 0.05) is 5.39 Å². The minimum absolute atomic E-state index is 0.193. The highest BCUT2D eigenvalue weighted by atomic mass is 16.1. The summed E-state index contributed by atoms with van der Waals surface area (Å²) in [6, 6.07) is 7.81. The van der Waals surface area contributed by atoms with Crippen LogP contribution in [0.1, 0.15) is 18.3 Å². The average Bonchev–Trinajstić information content (AvgIpc) is 2.44. The van der Waals surface area contributed by atoms with E-state index in [9.17, 15) is 4.79 Å². The van der Waals surface area contributed by atoms with Gasteiger partial charge in [-0.3, -0.25) is 4.79 Å². The van der Waals surface area contributed by atoms with E-state index in [0.717, 1.165) is 22.9 Å². The van der Waals surface area contributed by atoms with Crippen molar-refractivity contribution >= 4 is 21.9 Å². The summed E-state index contributed by atoms with van der Waals surface area (Å²) in [6.07, 6.45) is 0.892. The van der Waals surface area contributed by atoms with E-state index in [2.05, 4.69) is 21.9 Å². The predicted octanol–water partition coefficient (Wildman–Crippen LogP) is 1.49. The summed E-state index contributed by atoms with van der Waals surface area (Å²) in [5.74, 6) is 0.457. The summed E-state index contributed by atoms with van der Waals surface area (Å²) in [5, 5.41) is 1.46. The zero-order valence-electron chi connectivity index (χ0n) is 10.6. The standard InChI is InChI=1S/C14H14N4O/c1-2-8-4-3-5-9-6-10-13(18-12(8)9)16-11(7-15)17-14(10)19/h3-6H,2,7,15H2,1H3,(H,16,17,18,19). The van der Waals surface area contributed by atoms with Gasteiger partial charge < -0.3 is 10.7 Å². The molecule has 0 saturated heterocycles. The highest BCUT2D eigenvalue weighted by Gasteiger charge is 2.08. The van der Waals surface area contributed by atoms with Gasteiger partial charge in [0.05, 0.1) is 17.4 Å². The first-order valence-corrected chi connectivity index (χ1v) is 6.24. The van der Waals surface area contributed by atoms with Gasteiger partial charge in [0.2, 0.25) is 0 Å². The Kier molecular flexibility index (Phi) is 2.76. The number of aromatic nitrogens is 3. The number of benzene rings is 1. The molecule has 19 heavy (non-hydrogen) atoms. The summed E-state index contributed by atoms with van der Waals surface area (Å²) in [4.78, 5) is 23.4. The van der Waals surface area contributed by atoms with Gasteiger partial charge in [-0.2, -0.15) is 0 Å². The molecule has 5 nitrogen and oxygen atoms in total. The number of nitrogens with zero attached hydrogens (tertiary/aromatic N) is 2. The van der Waals surface area contributed by atoms with Crippen LogP contribution in [0.25, 0.3) is 21.9 Å². The Morgan fingerprint density at radius 1 is 1.32 bits per heavy atom. The van der Waals surface area contributed by atoms with Gasteiger partial charge in [-0.15, -0.1) is 0 Å². The molecule has 3 N–H and O–H groups in total. The molecule has 2 aromatic heterocycles. The van der Waals surface area contributed by atoms with Gasteiger partial charge in [-0.1, -0.05) is 25.1 Å². The third-order valence-electron chi connectivity index (χ3n) is 3.23. The number of pyridine rings is 1. The number of aromatic amines is 1. The molecule has 0 spiro atoms. The van der Waals surface area contributed by atoms with Crippen molar-refractivity contribution in [1.82, 2.24) is 15.0 Å². The molecule has 1 aromatic carbocycles. The molecule has 0 bridgehead atoms. The lowest BCUT2D eigenvalue weighted by atomic mass is 10.1. The second-order valence-corrected chi connectivity index (χ2v) is 4.42. The fraction of sp³-hybridized carbons (Fsp3) is 0.214. The van der Waals surface area contributed by atoms with E-state index < -0.39 is 0 Å². The lowest BCUT2D eigenvalue weighted by Gasteiger charge is -2.05. The van der Waals surface area contributed by atoms with Crippen LogP contribution in [0.4, 0.5) is 0 Å². The van der Waals surface area contributed by atoms with Gasteiger partial charge in [-0.25, -0.2) is 9.97 Å². The minimum Gasteiger partial charge on any atom is -0.324 e. The Hall–Kier alpha value is -2.27. The van der Waals surface area contributed by atoms with E-state index in [4.69, 9.17) is 5.73 Å². The maximum atomic E-state index is 12.0. The van der Waals surface area contributed by atoms with Crippen LogP contribution < -0.4 is 11.3 Å². The molecule has 0 atom stereocenters. The molecule has 0 aliphatic carbocycles. The number of H-pyrrole nitrogens is 1. The van der Waals surface area contributed by atoms with Crippen molar-refractivity contribution in [3.8, 4) is 0 Å². The quantitative estimate of drug-likeness (QED) is 0.678. The second kappa shape index (κ2) is 4.44. The molecule has 0 unspecified atom stereocenters. The van der Waals surface area contributed by atoms with E-state index in [0.29, 0.717) is 16.9 Å². The average molecular weight is 254 g/mol. The Morgan fingerprint density at radius 2 is 2.16 bits per heavy atom. The lowest BCUT2D eigenvalue weighted by Crippen LogP contribution is -2.15. The second-order valence-electron chi connectivity index (χ2n) is 4.42. The Labute approximate surface area is 109 Å². The molecule has 0 aliphatic rings. The molecule has 96 valence electrons. The van der Waals surface area contributed by atoms with Crippen molar-refractivity contribution in [3.63, 3.8) is 0 Å². The van der Waals surface area contributed by atoms with Crippen molar-refractivity contribution in [2.75, 3.05) is 0 Å². The third kappa shape index (κ3) is 1.88. The van der Waals surface area contributed by atoms with Crippen molar-refractivity contribution in [3.05, 3.63) is 46.0 Å². The number of fused-ring (bicyclic) bond motifs is 2. The first kappa shape index (κ1) is 11.8. The number of hydrogen-bond acceptors (Lipinski definition) is 4. The van der Waals surface area contributed by atoms with E-state index in [1.807, 2.05) is 24.3 Å². The highest BCUT2D eigenvalue weighted by Crippen LogP contribution is 2.20. The van der Waals surface area contributed by atoms with E-state index >= 15 is 0 Å². The van der Waals surface area contributed by atoms with Gasteiger partial charge >= 0.3 is 0 Å². The summed E-state index contributed by atoms with van der Waals surface area (Å²) in [5.41, 5.74) is 7.83. The molecule has 0 fully saturated rings. The molecule has 5 heteroatoms. The number of rotatable bonds is 2. The van der Waals surface area contributed by atoms with Crippen LogP contribution in [0.3, 0.4) is 0 Å². The van der Waals surface area contributed by atoms with Crippen LogP contribution in [0.15, 0.2) is 29.1 Å². The summed E-state index contributed by atoms with van der Waals surface area (Å²) in [6.45, 7) is 2.28. The normalized spacial score (nSPS) is 11.3. The highest BCUT2D eigenvalue weighted by molar-refractivity contribution is 5.92. The maximum absolute atomic E-state index is 12.0. The van der Waals surface area contributed by atoms with Gasteiger partial charge in [-0.05, 0) is 18.1 Å². The zero-order valence-corrected chi connectivity index (χ0v) is 10.6. The molecule has 0 aliphatic heterocycles. The topological polar surface area (TPSA) is 84.7 Å². The maximum Gasteiger partial charge on any atom is 0.260 e. The number of nitrogens with two attached hydrogens (primary N) is 1. The molecule has 3 rings (SSSR count). The van der Waals surface area contributed by atoms with Crippen LogP contribution in [0.5, 0.6) is 0 Å². The van der Waals surface area contributed by atoms with Crippen molar-refractivity contribution < 1.29 is 0 Å². The first-order valence-electron chi connectivity index (χ1n) is 6.24. The van der Waals surface area contributed by atoms with Crippen molar-refractivity contribution in [2.45, 2.75) is 19.9 Å². The molecule has 0 radical (unpaired) electrons. The zero-order chi connectivity index (χ0) is 13.4. The van der Waals surface area contributed by atoms with Gasteiger partial charge in [0.15, 0.2) is 5.65 Å². The van der Waals surface area contributed by atoms with Crippen molar-refractivity contribution in [2.24, 2.45) is 5.73 Å². The van der Waals surface area contributed by atoms with Crippen LogP contribution in [-0.4, -0.2) is 15.0 Å². The molecule has 0 amide bonds. The first-order chi connectivity index (χ1) is 9.22. The monoisotopic (exact) mass is 254 g/mol. The predicted molar refractivity (Wildman–Crippen MR) is 74.9 cm³/mol. The van der Waals surface area contributed by atoms with Gasteiger partial charge in [0.25, 0.3) is 5.56 Å². The molecule has 0 saturated carbocycles. The molecular weight excluding hydrogens is 240 g/mol. The molecule has 3 aromatic rings. The Balaban J connectivity index is 2.45. The fourth-order valence-corrected chi connectivity index (χ4v) is 2.24. The molecule has 2 heterocycles. The number of para-hydroxylation sites is 1. The number of hydrogen-bond donors (Lipinski definition) is 2. The SMILES string of the molecule is CCc1cccc2cc3c(=O)[nH]c(CN)nc3nc12.